The van der Waals surface area contributed by atoms with E-state index in [0.717, 1.165) is 0 Å². The van der Waals surface area contributed by atoms with Crippen LogP contribution >= 0.6 is 11.6 Å². The molecule has 2 nitrogen and oxygen atoms in total. The van der Waals surface area contributed by atoms with Crippen LogP contribution in [0.4, 0.5) is 0 Å². The van der Waals surface area contributed by atoms with Gasteiger partial charge in [0, 0.05) is 5.70 Å². The molecule has 0 radical (unpaired) electrons. The second-order valence-electron chi connectivity index (χ2n) is 1.84. The molecule has 0 aliphatic heterocycles. The highest BCUT2D eigenvalue weighted by atomic mass is 35.5. The highest BCUT2D eigenvalue weighted by molar-refractivity contribution is 6.19. The molecule has 0 saturated heterocycles. The van der Waals surface area contributed by atoms with Gasteiger partial charge in [0.2, 0.25) is 0 Å². The van der Waals surface area contributed by atoms with Crippen molar-refractivity contribution in [3.05, 3.63) is 36.3 Å². The Hall–Kier alpha value is -0.890. The molecule has 11 heavy (non-hydrogen) atoms. The van der Waals surface area contributed by atoms with E-state index in [2.05, 4.69) is 6.58 Å². The van der Waals surface area contributed by atoms with Gasteiger partial charge in [0.15, 0.2) is 0 Å². The number of halogens is 1. The van der Waals surface area contributed by atoms with E-state index in [-0.39, 0.29) is 0 Å². The van der Waals surface area contributed by atoms with Gasteiger partial charge in [-0.3, -0.25) is 0 Å². The molecular formula is C8H12ClNO. The molecule has 0 saturated carbocycles. The van der Waals surface area contributed by atoms with E-state index in [1.165, 1.54) is 0 Å². The lowest BCUT2D eigenvalue weighted by Crippen LogP contribution is -1.92. The summed E-state index contributed by atoms with van der Waals surface area (Å²) in [5.41, 5.74) is 6.02. The predicted octanol–water partition coefficient (Wildman–Crippen LogP) is 1.78. The van der Waals surface area contributed by atoms with Crippen LogP contribution in [0.15, 0.2) is 36.3 Å². The molecule has 0 heterocycles. The van der Waals surface area contributed by atoms with Crippen molar-refractivity contribution in [2.75, 3.05) is 13.0 Å². The van der Waals surface area contributed by atoms with Crippen LogP contribution in [-0.2, 0) is 4.74 Å². The maximum atomic E-state index is 5.51. The molecule has 0 aromatic heterocycles. The van der Waals surface area contributed by atoms with Crippen LogP contribution in [0, 0.1) is 0 Å². The molecule has 2 N–H and O–H groups in total. The molecule has 0 aliphatic carbocycles. The van der Waals surface area contributed by atoms with Crippen molar-refractivity contribution in [1.29, 1.82) is 0 Å². The van der Waals surface area contributed by atoms with E-state index in [9.17, 15) is 0 Å². The quantitative estimate of drug-likeness (QED) is 0.400. The number of rotatable bonds is 4. The zero-order valence-corrected chi connectivity index (χ0v) is 7.27. The monoisotopic (exact) mass is 173 g/mol. The summed E-state index contributed by atoms with van der Waals surface area (Å²) >= 11 is 5.51. The zero-order chi connectivity index (χ0) is 8.69. The molecule has 0 spiro atoms. The number of hydrogen-bond acceptors (Lipinski definition) is 2. The molecule has 0 aliphatic rings. The fourth-order valence-electron chi connectivity index (χ4n) is 0.424. The van der Waals surface area contributed by atoms with Crippen molar-refractivity contribution in [3.63, 3.8) is 0 Å². The van der Waals surface area contributed by atoms with Gasteiger partial charge >= 0.3 is 0 Å². The van der Waals surface area contributed by atoms with Gasteiger partial charge in [-0.15, -0.1) is 11.6 Å². The van der Waals surface area contributed by atoms with Crippen molar-refractivity contribution >= 4 is 11.6 Å². The van der Waals surface area contributed by atoms with Crippen molar-refractivity contribution in [1.82, 2.24) is 0 Å². The lowest BCUT2D eigenvalue weighted by molar-refractivity contribution is 0.295. The van der Waals surface area contributed by atoms with Crippen LogP contribution in [0.2, 0.25) is 0 Å². The van der Waals surface area contributed by atoms with Gasteiger partial charge in [-0.25, -0.2) is 0 Å². The van der Waals surface area contributed by atoms with Gasteiger partial charge in [-0.1, -0.05) is 6.58 Å². The van der Waals surface area contributed by atoms with Gasteiger partial charge in [-0.05, 0) is 18.2 Å². The van der Waals surface area contributed by atoms with Gasteiger partial charge in [0.05, 0.1) is 13.0 Å². The SMILES string of the molecule is C=C/C(N)=C\C=C(/CCl)OC. The summed E-state index contributed by atoms with van der Waals surface area (Å²) < 4.78 is 4.89. The summed E-state index contributed by atoms with van der Waals surface area (Å²) in [5, 5.41) is 0. The zero-order valence-electron chi connectivity index (χ0n) is 6.51. The molecule has 0 aromatic carbocycles. The van der Waals surface area contributed by atoms with Crippen molar-refractivity contribution in [2.24, 2.45) is 5.73 Å². The summed E-state index contributed by atoms with van der Waals surface area (Å²) in [5.74, 6) is 1.02. The number of alkyl halides is 1. The minimum Gasteiger partial charge on any atom is -0.500 e. The number of methoxy groups -OCH3 is 1. The Morgan fingerprint density at radius 2 is 2.27 bits per heavy atom. The second kappa shape index (κ2) is 5.86. The van der Waals surface area contributed by atoms with Crippen molar-refractivity contribution in [2.45, 2.75) is 0 Å². The van der Waals surface area contributed by atoms with Crippen molar-refractivity contribution in [3.8, 4) is 0 Å². The maximum Gasteiger partial charge on any atom is 0.110 e. The Bertz CT molecular complexity index is 179. The van der Waals surface area contributed by atoms with E-state index in [1.54, 1.807) is 25.3 Å². The third-order valence-electron chi connectivity index (χ3n) is 1.09. The summed E-state index contributed by atoms with van der Waals surface area (Å²) in [7, 11) is 1.56. The molecule has 0 rings (SSSR count). The molecule has 62 valence electrons. The van der Waals surface area contributed by atoms with E-state index in [0.29, 0.717) is 17.3 Å². The third kappa shape index (κ3) is 4.51. The number of hydrogen-bond donors (Lipinski definition) is 1. The van der Waals surface area contributed by atoms with Crippen LogP contribution < -0.4 is 5.73 Å². The Morgan fingerprint density at radius 3 is 2.64 bits per heavy atom. The van der Waals surface area contributed by atoms with Crippen LogP contribution in [0.25, 0.3) is 0 Å². The first-order valence-corrected chi connectivity index (χ1v) is 3.66. The maximum absolute atomic E-state index is 5.51. The van der Waals surface area contributed by atoms with E-state index in [1.807, 2.05) is 0 Å². The second-order valence-corrected chi connectivity index (χ2v) is 2.11. The Balaban J connectivity index is 4.17. The van der Waals surface area contributed by atoms with E-state index in [4.69, 9.17) is 22.1 Å². The molecule has 0 bridgehead atoms. The topological polar surface area (TPSA) is 35.2 Å². The van der Waals surface area contributed by atoms with Crippen LogP contribution in [0.3, 0.4) is 0 Å². The number of nitrogens with two attached hydrogens (primary N) is 1. The molecular weight excluding hydrogens is 162 g/mol. The van der Waals surface area contributed by atoms with Crippen LogP contribution in [-0.4, -0.2) is 13.0 Å². The van der Waals surface area contributed by atoms with Gasteiger partial charge in [-0.2, -0.15) is 0 Å². The normalized spacial score (nSPS) is 12.9. The number of ether oxygens (including phenoxy) is 1. The van der Waals surface area contributed by atoms with Crippen LogP contribution in [0.5, 0.6) is 0 Å². The molecule has 3 heteroatoms. The Morgan fingerprint density at radius 1 is 1.64 bits per heavy atom. The Kier molecular flexibility index (Phi) is 5.39. The summed E-state index contributed by atoms with van der Waals surface area (Å²) in [4.78, 5) is 0. The third-order valence-corrected chi connectivity index (χ3v) is 1.35. The first-order valence-electron chi connectivity index (χ1n) is 3.13. The molecule has 0 amide bonds. The predicted molar refractivity (Wildman–Crippen MR) is 48.3 cm³/mol. The molecule has 0 unspecified atom stereocenters. The average Bonchev–Trinajstić information content (AvgIpc) is 2.06. The summed E-state index contributed by atoms with van der Waals surface area (Å²) in [6.45, 7) is 3.49. The minimum absolute atomic E-state index is 0.345. The fourth-order valence-corrected chi connectivity index (χ4v) is 0.623. The number of allylic oxidation sites excluding steroid dienone is 4. The van der Waals surface area contributed by atoms with Crippen LogP contribution in [0.1, 0.15) is 0 Å². The molecule has 0 fully saturated rings. The summed E-state index contributed by atoms with van der Waals surface area (Å²) in [6, 6.07) is 0. The first kappa shape index (κ1) is 10.1. The summed E-state index contributed by atoms with van der Waals surface area (Å²) in [6.07, 6.45) is 4.95. The fraction of sp³-hybridized carbons (Fsp3) is 0.250. The van der Waals surface area contributed by atoms with E-state index >= 15 is 0 Å². The lowest BCUT2D eigenvalue weighted by Gasteiger charge is -1.98. The first-order chi connectivity index (χ1) is 5.24. The average molecular weight is 174 g/mol. The minimum atomic E-state index is 0.345. The largest absolute Gasteiger partial charge is 0.500 e. The Labute approximate surface area is 72.0 Å². The standard InChI is InChI=1S/C8H12ClNO/c1-3-7(10)4-5-8(6-9)11-2/h3-5H,1,6,10H2,2H3/b7-4+,8-5+. The molecule has 0 aromatic rings. The highest BCUT2D eigenvalue weighted by Crippen LogP contribution is 1.99. The van der Waals surface area contributed by atoms with Gasteiger partial charge < -0.3 is 10.5 Å². The smallest absolute Gasteiger partial charge is 0.110 e. The van der Waals surface area contributed by atoms with Gasteiger partial charge in [0.25, 0.3) is 0 Å². The highest BCUT2D eigenvalue weighted by Gasteiger charge is 1.88. The molecule has 0 atom stereocenters. The lowest BCUT2D eigenvalue weighted by atomic mass is 10.3. The van der Waals surface area contributed by atoms with E-state index < -0.39 is 0 Å². The van der Waals surface area contributed by atoms with Crippen molar-refractivity contribution < 1.29 is 4.74 Å². The van der Waals surface area contributed by atoms with Gasteiger partial charge in [0.1, 0.15) is 5.76 Å².